The summed E-state index contributed by atoms with van der Waals surface area (Å²) in [5.74, 6) is 0.0234. The van der Waals surface area contributed by atoms with Crippen molar-refractivity contribution >= 4 is 40.2 Å². The Morgan fingerprint density at radius 3 is 2.75 bits per heavy atom. The van der Waals surface area contributed by atoms with Crippen molar-refractivity contribution in [2.75, 3.05) is 10.6 Å². The first-order valence-corrected chi connectivity index (χ1v) is 7.72. The first kappa shape index (κ1) is 14.9. The molecule has 2 rings (SSSR count). The van der Waals surface area contributed by atoms with Crippen LogP contribution < -0.4 is 10.6 Å². The van der Waals surface area contributed by atoms with E-state index >= 15 is 0 Å². The molecule has 0 unspecified atom stereocenters. The topological polar surface area (TPSA) is 41.1 Å². The lowest BCUT2D eigenvalue weighted by molar-refractivity contribution is -0.115. The third-order valence-electron chi connectivity index (χ3n) is 3.00. The summed E-state index contributed by atoms with van der Waals surface area (Å²) in [5, 5.41) is 8.97. The molecule has 1 amide bonds. The molecule has 0 atom stereocenters. The van der Waals surface area contributed by atoms with Crippen LogP contribution in [0.3, 0.4) is 0 Å². The predicted molar refractivity (Wildman–Crippen MR) is 86.8 cm³/mol. The van der Waals surface area contributed by atoms with Crippen LogP contribution in [0, 0.1) is 6.92 Å². The van der Waals surface area contributed by atoms with E-state index < -0.39 is 0 Å². The number of halogens is 1. The second kappa shape index (κ2) is 6.77. The van der Waals surface area contributed by atoms with Gasteiger partial charge in [-0.1, -0.05) is 24.6 Å². The Bertz CT molecular complexity index is 610. The maximum atomic E-state index is 11.5. The van der Waals surface area contributed by atoms with Crippen LogP contribution in [0.25, 0.3) is 0 Å². The summed E-state index contributed by atoms with van der Waals surface area (Å²) < 4.78 is 0. The normalized spacial score (nSPS) is 10.3. The van der Waals surface area contributed by atoms with Crippen LogP contribution in [0.5, 0.6) is 0 Å². The summed E-state index contributed by atoms with van der Waals surface area (Å²) in [6.45, 7) is 4.56. The summed E-state index contributed by atoms with van der Waals surface area (Å²) in [6, 6.07) is 7.81. The van der Waals surface area contributed by atoms with Crippen molar-refractivity contribution in [3.63, 3.8) is 0 Å². The number of hydrogen-bond donors (Lipinski definition) is 2. The van der Waals surface area contributed by atoms with Gasteiger partial charge in [0.2, 0.25) is 5.91 Å². The third-order valence-corrected chi connectivity index (χ3v) is 4.29. The largest absolute Gasteiger partial charge is 0.380 e. The van der Waals surface area contributed by atoms with Gasteiger partial charge in [-0.2, -0.15) is 0 Å². The van der Waals surface area contributed by atoms with Crippen molar-refractivity contribution in [3.8, 4) is 0 Å². The third kappa shape index (κ3) is 3.74. The van der Waals surface area contributed by atoms with Crippen LogP contribution in [0.15, 0.2) is 29.6 Å². The van der Waals surface area contributed by atoms with Crippen molar-refractivity contribution in [1.82, 2.24) is 0 Å². The van der Waals surface area contributed by atoms with E-state index in [0.29, 0.717) is 6.42 Å². The number of hydrogen-bond acceptors (Lipinski definition) is 3. The van der Waals surface area contributed by atoms with Gasteiger partial charge in [0.05, 0.1) is 5.02 Å². The molecule has 0 fully saturated rings. The van der Waals surface area contributed by atoms with Crippen molar-refractivity contribution in [3.05, 3.63) is 45.1 Å². The molecule has 0 radical (unpaired) electrons. The molecule has 0 aliphatic carbocycles. The van der Waals surface area contributed by atoms with Crippen LogP contribution in [-0.2, 0) is 11.3 Å². The highest BCUT2D eigenvalue weighted by atomic mass is 35.5. The van der Waals surface area contributed by atoms with E-state index in [4.69, 9.17) is 11.6 Å². The quantitative estimate of drug-likeness (QED) is 0.842. The number of carbonyl (C=O) groups is 1. The summed E-state index contributed by atoms with van der Waals surface area (Å²) in [7, 11) is 0. The van der Waals surface area contributed by atoms with Gasteiger partial charge in [-0.15, -0.1) is 11.3 Å². The molecule has 20 heavy (non-hydrogen) atoms. The van der Waals surface area contributed by atoms with E-state index in [1.165, 1.54) is 4.88 Å². The highest BCUT2D eigenvalue weighted by molar-refractivity contribution is 7.10. The molecule has 0 spiro atoms. The molecular weight excluding hydrogens is 292 g/mol. The lowest BCUT2D eigenvalue weighted by atomic mass is 10.1. The summed E-state index contributed by atoms with van der Waals surface area (Å²) in [4.78, 5) is 12.7. The Balaban J connectivity index is 2.08. The molecule has 1 aromatic carbocycles. The molecule has 0 aliphatic rings. The van der Waals surface area contributed by atoms with Crippen LogP contribution in [0.4, 0.5) is 11.4 Å². The molecule has 0 saturated heterocycles. The van der Waals surface area contributed by atoms with Gasteiger partial charge < -0.3 is 10.6 Å². The average molecular weight is 309 g/mol. The van der Waals surface area contributed by atoms with Gasteiger partial charge >= 0.3 is 0 Å². The van der Waals surface area contributed by atoms with E-state index in [-0.39, 0.29) is 5.91 Å². The van der Waals surface area contributed by atoms with E-state index in [1.807, 2.05) is 43.5 Å². The van der Waals surface area contributed by atoms with Crippen LogP contribution in [-0.4, -0.2) is 5.91 Å². The second-order valence-electron chi connectivity index (χ2n) is 4.46. The van der Waals surface area contributed by atoms with Crippen LogP contribution in [0.2, 0.25) is 5.02 Å². The second-order valence-corrected chi connectivity index (χ2v) is 5.90. The fourth-order valence-corrected chi connectivity index (χ4v) is 2.84. The Kier molecular flexibility index (Phi) is 5.04. The zero-order valence-corrected chi connectivity index (χ0v) is 13.1. The van der Waals surface area contributed by atoms with E-state index in [0.717, 1.165) is 28.5 Å². The highest BCUT2D eigenvalue weighted by Crippen LogP contribution is 2.25. The molecule has 1 heterocycles. The summed E-state index contributed by atoms with van der Waals surface area (Å²) in [5.41, 5.74) is 2.91. The van der Waals surface area contributed by atoms with E-state index in [9.17, 15) is 4.79 Å². The van der Waals surface area contributed by atoms with Crippen molar-refractivity contribution in [2.24, 2.45) is 0 Å². The molecular formula is C15H17ClN2OS. The molecule has 2 aromatic rings. The predicted octanol–water partition coefficient (Wildman–Crippen LogP) is 4.67. The molecule has 3 nitrogen and oxygen atoms in total. The maximum Gasteiger partial charge on any atom is 0.224 e. The fraction of sp³-hybridized carbons (Fsp3) is 0.267. The Labute approximate surface area is 128 Å². The number of amides is 1. The molecule has 0 bridgehead atoms. The van der Waals surface area contributed by atoms with Crippen molar-refractivity contribution in [2.45, 2.75) is 26.8 Å². The van der Waals surface area contributed by atoms with Crippen molar-refractivity contribution in [1.29, 1.82) is 0 Å². The Hall–Kier alpha value is -1.52. The number of carbonyl (C=O) groups excluding carboxylic acids is 1. The van der Waals surface area contributed by atoms with Gasteiger partial charge in [0.1, 0.15) is 0 Å². The molecule has 2 N–H and O–H groups in total. The van der Waals surface area contributed by atoms with Gasteiger partial charge in [-0.05, 0) is 30.7 Å². The monoisotopic (exact) mass is 308 g/mol. The minimum absolute atomic E-state index is 0.0234. The van der Waals surface area contributed by atoms with Gasteiger partial charge in [0.15, 0.2) is 0 Å². The molecule has 0 saturated carbocycles. The SMILES string of the molecule is CCC(=O)Nc1cccc(NCc2cc(Cl)cs2)c1C. The van der Waals surface area contributed by atoms with Gasteiger partial charge in [0.25, 0.3) is 0 Å². The summed E-state index contributed by atoms with van der Waals surface area (Å²) in [6.07, 6.45) is 0.477. The lowest BCUT2D eigenvalue weighted by Gasteiger charge is -2.13. The van der Waals surface area contributed by atoms with E-state index in [2.05, 4.69) is 10.6 Å². The average Bonchev–Trinajstić information content (AvgIpc) is 2.85. The lowest BCUT2D eigenvalue weighted by Crippen LogP contribution is -2.11. The molecule has 5 heteroatoms. The zero-order chi connectivity index (χ0) is 14.5. The Morgan fingerprint density at radius 2 is 2.10 bits per heavy atom. The van der Waals surface area contributed by atoms with E-state index in [1.54, 1.807) is 11.3 Å². The fourth-order valence-electron chi connectivity index (χ4n) is 1.83. The number of benzene rings is 1. The first-order chi connectivity index (χ1) is 9.60. The van der Waals surface area contributed by atoms with Crippen molar-refractivity contribution < 1.29 is 4.79 Å². The number of nitrogens with one attached hydrogen (secondary N) is 2. The maximum absolute atomic E-state index is 11.5. The van der Waals surface area contributed by atoms with Crippen LogP contribution >= 0.6 is 22.9 Å². The summed E-state index contributed by atoms with van der Waals surface area (Å²) >= 11 is 7.54. The smallest absolute Gasteiger partial charge is 0.224 e. The molecule has 106 valence electrons. The van der Waals surface area contributed by atoms with Gasteiger partial charge in [0, 0.05) is 34.6 Å². The standard InChI is InChI=1S/C15H17ClN2OS/c1-3-15(19)18-14-6-4-5-13(10(14)2)17-8-12-7-11(16)9-20-12/h4-7,9,17H,3,8H2,1-2H3,(H,18,19). The zero-order valence-electron chi connectivity index (χ0n) is 11.5. The highest BCUT2D eigenvalue weighted by Gasteiger charge is 2.06. The number of anilines is 2. The first-order valence-electron chi connectivity index (χ1n) is 6.46. The number of rotatable bonds is 5. The van der Waals surface area contributed by atoms with Gasteiger partial charge in [-0.3, -0.25) is 4.79 Å². The van der Waals surface area contributed by atoms with Gasteiger partial charge in [-0.25, -0.2) is 0 Å². The molecule has 0 aliphatic heterocycles. The minimum atomic E-state index is 0.0234. The Morgan fingerprint density at radius 1 is 1.35 bits per heavy atom. The minimum Gasteiger partial charge on any atom is -0.380 e. The van der Waals surface area contributed by atoms with Crippen LogP contribution in [0.1, 0.15) is 23.8 Å². The molecule has 1 aromatic heterocycles. The number of thiophene rings is 1.